The van der Waals surface area contributed by atoms with Gasteiger partial charge in [0.1, 0.15) is 0 Å². The van der Waals surface area contributed by atoms with Crippen molar-refractivity contribution in [2.24, 2.45) is 17.3 Å². The van der Waals surface area contributed by atoms with Crippen LogP contribution in [0.1, 0.15) is 65.2 Å². The van der Waals surface area contributed by atoms with Crippen molar-refractivity contribution in [1.82, 2.24) is 5.32 Å². The first kappa shape index (κ1) is 12.4. The van der Waals surface area contributed by atoms with Crippen molar-refractivity contribution in [1.29, 1.82) is 0 Å². The molecule has 0 amide bonds. The van der Waals surface area contributed by atoms with E-state index in [-0.39, 0.29) is 0 Å². The predicted octanol–water partition coefficient (Wildman–Crippen LogP) is 3.98. The summed E-state index contributed by atoms with van der Waals surface area (Å²) >= 11 is 0. The Labute approximate surface area is 101 Å². The summed E-state index contributed by atoms with van der Waals surface area (Å²) in [6, 6.07) is 0. The van der Waals surface area contributed by atoms with Crippen LogP contribution in [0.4, 0.5) is 0 Å². The maximum absolute atomic E-state index is 3.77. The summed E-state index contributed by atoms with van der Waals surface area (Å²) in [6.45, 7) is 7.36. The molecular formula is C15H29N. The highest BCUT2D eigenvalue weighted by Gasteiger charge is 2.34. The van der Waals surface area contributed by atoms with E-state index in [1.54, 1.807) is 0 Å². The molecule has 0 saturated heterocycles. The lowest BCUT2D eigenvalue weighted by atomic mass is 9.67. The summed E-state index contributed by atoms with van der Waals surface area (Å²) in [5.74, 6) is 1.95. The van der Waals surface area contributed by atoms with E-state index in [0.29, 0.717) is 5.41 Å². The van der Waals surface area contributed by atoms with Crippen LogP contribution in [0.3, 0.4) is 0 Å². The van der Waals surface area contributed by atoms with Crippen LogP contribution >= 0.6 is 0 Å². The van der Waals surface area contributed by atoms with E-state index in [9.17, 15) is 0 Å². The second kappa shape index (κ2) is 5.53. The van der Waals surface area contributed by atoms with Crippen molar-refractivity contribution < 1.29 is 0 Å². The Morgan fingerprint density at radius 3 is 2.56 bits per heavy atom. The molecule has 2 rings (SSSR count). The van der Waals surface area contributed by atoms with Crippen LogP contribution < -0.4 is 5.32 Å². The molecule has 0 bridgehead atoms. The molecule has 1 nitrogen and oxygen atoms in total. The van der Waals surface area contributed by atoms with Crippen molar-refractivity contribution >= 4 is 0 Å². The number of hydrogen-bond acceptors (Lipinski definition) is 1. The predicted molar refractivity (Wildman–Crippen MR) is 70.6 cm³/mol. The van der Waals surface area contributed by atoms with Gasteiger partial charge in [0.25, 0.3) is 0 Å². The van der Waals surface area contributed by atoms with Gasteiger partial charge in [-0.05, 0) is 55.9 Å². The summed E-state index contributed by atoms with van der Waals surface area (Å²) in [6.07, 6.45) is 11.6. The Bertz CT molecular complexity index is 202. The van der Waals surface area contributed by atoms with E-state index in [1.807, 2.05) is 0 Å². The van der Waals surface area contributed by atoms with Gasteiger partial charge < -0.3 is 5.32 Å². The van der Waals surface area contributed by atoms with Crippen molar-refractivity contribution in [3.63, 3.8) is 0 Å². The van der Waals surface area contributed by atoms with Crippen LogP contribution in [-0.2, 0) is 0 Å². The molecule has 0 radical (unpaired) electrons. The third-order valence-electron chi connectivity index (χ3n) is 5.14. The number of nitrogens with one attached hydrogen (secondary N) is 1. The minimum Gasteiger partial charge on any atom is -0.316 e. The summed E-state index contributed by atoms with van der Waals surface area (Å²) in [7, 11) is 0. The Morgan fingerprint density at radius 1 is 1.19 bits per heavy atom. The highest BCUT2D eigenvalue weighted by Crippen LogP contribution is 2.43. The van der Waals surface area contributed by atoms with Gasteiger partial charge in [-0.1, -0.05) is 33.1 Å². The molecule has 2 aliphatic rings. The fourth-order valence-electron chi connectivity index (χ4n) is 3.62. The monoisotopic (exact) mass is 223 g/mol. The largest absolute Gasteiger partial charge is 0.316 e. The average molecular weight is 223 g/mol. The molecule has 1 heteroatoms. The molecule has 2 fully saturated rings. The van der Waals surface area contributed by atoms with Crippen molar-refractivity contribution in [3.05, 3.63) is 0 Å². The van der Waals surface area contributed by atoms with Gasteiger partial charge in [-0.2, -0.15) is 0 Å². The zero-order valence-corrected chi connectivity index (χ0v) is 11.2. The molecule has 0 spiro atoms. The van der Waals surface area contributed by atoms with Gasteiger partial charge in [0, 0.05) is 6.54 Å². The van der Waals surface area contributed by atoms with Crippen LogP contribution in [0.15, 0.2) is 0 Å². The van der Waals surface area contributed by atoms with Gasteiger partial charge in [0.15, 0.2) is 0 Å². The smallest absolute Gasteiger partial charge is 0.000782 e. The summed E-state index contributed by atoms with van der Waals surface area (Å²) in [5, 5.41) is 3.77. The van der Waals surface area contributed by atoms with Crippen LogP contribution in [-0.4, -0.2) is 13.1 Å². The zero-order valence-electron chi connectivity index (χ0n) is 11.2. The first-order valence-electron chi connectivity index (χ1n) is 7.45. The molecule has 16 heavy (non-hydrogen) atoms. The fraction of sp³-hybridized carbons (Fsp3) is 1.00. The number of hydrogen-bond donors (Lipinski definition) is 1. The molecule has 2 aliphatic carbocycles. The summed E-state index contributed by atoms with van der Waals surface area (Å²) in [4.78, 5) is 0. The van der Waals surface area contributed by atoms with E-state index < -0.39 is 0 Å². The van der Waals surface area contributed by atoms with Gasteiger partial charge >= 0.3 is 0 Å². The topological polar surface area (TPSA) is 12.0 Å². The summed E-state index contributed by atoms with van der Waals surface area (Å²) < 4.78 is 0. The molecule has 94 valence electrons. The van der Waals surface area contributed by atoms with E-state index in [0.717, 1.165) is 11.8 Å². The Hall–Kier alpha value is -0.0400. The maximum Gasteiger partial charge on any atom is 0.000782 e. The molecule has 0 aromatic carbocycles. The highest BCUT2D eigenvalue weighted by atomic mass is 14.9. The van der Waals surface area contributed by atoms with Crippen LogP contribution in [0.25, 0.3) is 0 Å². The van der Waals surface area contributed by atoms with Crippen LogP contribution in [0.5, 0.6) is 0 Å². The molecular weight excluding hydrogens is 194 g/mol. The third kappa shape index (κ3) is 3.00. The van der Waals surface area contributed by atoms with Gasteiger partial charge in [0.05, 0.1) is 0 Å². The highest BCUT2D eigenvalue weighted by molar-refractivity contribution is 4.88. The average Bonchev–Trinajstić information content (AvgIpc) is 2.22. The minimum atomic E-state index is 0.695. The molecule has 1 N–H and O–H groups in total. The molecule has 0 heterocycles. The van der Waals surface area contributed by atoms with Crippen LogP contribution in [0.2, 0.25) is 0 Å². The Morgan fingerprint density at radius 2 is 2.00 bits per heavy atom. The van der Waals surface area contributed by atoms with E-state index >= 15 is 0 Å². The lowest BCUT2D eigenvalue weighted by Gasteiger charge is -2.42. The van der Waals surface area contributed by atoms with Gasteiger partial charge in [-0.15, -0.1) is 0 Å². The SMILES string of the molecule is CCC1(CNCC2CCCC(C)C2)CCC1. The first-order chi connectivity index (χ1) is 7.74. The van der Waals surface area contributed by atoms with E-state index in [4.69, 9.17) is 0 Å². The fourth-order valence-corrected chi connectivity index (χ4v) is 3.62. The Kier molecular flexibility index (Phi) is 4.29. The summed E-state index contributed by atoms with van der Waals surface area (Å²) in [5.41, 5.74) is 0.695. The van der Waals surface area contributed by atoms with Crippen molar-refractivity contribution in [2.75, 3.05) is 13.1 Å². The molecule has 0 aromatic heterocycles. The number of rotatable bonds is 5. The van der Waals surface area contributed by atoms with Gasteiger partial charge in [-0.25, -0.2) is 0 Å². The molecule has 2 atom stereocenters. The van der Waals surface area contributed by atoms with Gasteiger partial charge in [-0.3, -0.25) is 0 Å². The lowest BCUT2D eigenvalue weighted by Crippen LogP contribution is -2.41. The Balaban J connectivity index is 1.63. The maximum atomic E-state index is 3.77. The van der Waals surface area contributed by atoms with E-state index in [2.05, 4.69) is 19.2 Å². The standard InChI is InChI=1S/C15H29N/c1-3-15(8-5-9-15)12-16-11-14-7-4-6-13(2)10-14/h13-14,16H,3-12H2,1-2H3. The molecule has 2 unspecified atom stereocenters. The minimum absolute atomic E-state index is 0.695. The van der Waals surface area contributed by atoms with Crippen molar-refractivity contribution in [2.45, 2.75) is 65.2 Å². The molecule has 0 aliphatic heterocycles. The van der Waals surface area contributed by atoms with Crippen LogP contribution in [0, 0.1) is 17.3 Å². The third-order valence-corrected chi connectivity index (χ3v) is 5.14. The van der Waals surface area contributed by atoms with Crippen molar-refractivity contribution in [3.8, 4) is 0 Å². The second-order valence-corrected chi connectivity index (χ2v) is 6.48. The lowest BCUT2D eigenvalue weighted by molar-refractivity contribution is 0.120. The quantitative estimate of drug-likeness (QED) is 0.743. The molecule has 2 saturated carbocycles. The first-order valence-corrected chi connectivity index (χ1v) is 7.45. The molecule has 0 aromatic rings. The zero-order chi connectivity index (χ0) is 11.4. The second-order valence-electron chi connectivity index (χ2n) is 6.48. The van der Waals surface area contributed by atoms with E-state index in [1.165, 1.54) is 64.5 Å². The van der Waals surface area contributed by atoms with Gasteiger partial charge in [0.2, 0.25) is 0 Å². The normalized spacial score (nSPS) is 33.4.